The molecule has 5 heteroatoms. The van der Waals surface area contributed by atoms with E-state index < -0.39 is 0 Å². The molecule has 1 heterocycles. The number of hydrogen-bond acceptors (Lipinski definition) is 4. The second-order valence-corrected chi connectivity index (χ2v) is 4.22. The van der Waals surface area contributed by atoms with Crippen molar-refractivity contribution < 1.29 is 14.6 Å². The van der Waals surface area contributed by atoms with Crippen LogP contribution in [-0.4, -0.2) is 10.2 Å². The van der Waals surface area contributed by atoms with E-state index in [-0.39, 0.29) is 27.9 Å². The molecule has 0 aliphatic carbocycles. The lowest BCUT2D eigenvalue weighted by atomic mass is 10.2. The molecule has 2 aromatic rings. The number of rotatable bonds is 0. The van der Waals surface area contributed by atoms with Crippen molar-refractivity contribution in [2.75, 3.05) is 0 Å². The lowest BCUT2D eigenvalue weighted by Crippen LogP contribution is -2.07. The van der Waals surface area contributed by atoms with Gasteiger partial charge in [0.2, 0.25) is 5.43 Å². The van der Waals surface area contributed by atoms with Crippen molar-refractivity contribution in [1.29, 1.82) is 0 Å². The first-order chi connectivity index (χ1) is 7.00. The standard InChI is InChI=1S/C10H7IO4/c1-4-9(11)10(14)8-6(13)2-5(12)3-7(8)15-4/h2-3,12-13H,1H3. The van der Waals surface area contributed by atoms with Gasteiger partial charge in [0, 0.05) is 12.1 Å². The van der Waals surface area contributed by atoms with Crippen LogP contribution in [0.4, 0.5) is 0 Å². The van der Waals surface area contributed by atoms with Gasteiger partial charge in [-0.3, -0.25) is 4.79 Å². The summed E-state index contributed by atoms with van der Waals surface area (Å²) in [5.41, 5.74) is -0.0951. The fourth-order valence-electron chi connectivity index (χ4n) is 1.37. The van der Waals surface area contributed by atoms with Crippen LogP contribution in [0.15, 0.2) is 21.3 Å². The smallest absolute Gasteiger partial charge is 0.210 e. The van der Waals surface area contributed by atoms with Crippen molar-refractivity contribution in [2.24, 2.45) is 0 Å². The number of phenolic OH excluding ortho intramolecular Hbond substituents is 2. The number of phenols is 2. The van der Waals surface area contributed by atoms with Crippen molar-refractivity contribution >= 4 is 33.6 Å². The molecular formula is C10H7IO4. The zero-order chi connectivity index (χ0) is 11.2. The van der Waals surface area contributed by atoms with Gasteiger partial charge in [0.05, 0.1) is 3.57 Å². The Bertz CT molecular complexity index is 600. The number of benzene rings is 1. The maximum Gasteiger partial charge on any atom is 0.210 e. The van der Waals surface area contributed by atoms with Gasteiger partial charge in [-0.05, 0) is 29.5 Å². The summed E-state index contributed by atoms with van der Waals surface area (Å²) >= 11 is 1.86. The first-order valence-electron chi connectivity index (χ1n) is 4.15. The highest BCUT2D eigenvalue weighted by Crippen LogP contribution is 2.28. The molecule has 0 aliphatic rings. The Kier molecular flexibility index (Phi) is 2.34. The maximum atomic E-state index is 11.8. The molecule has 0 aliphatic heterocycles. The van der Waals surface area contributed by atoms with Gasteiger partial charge in [0.15, 0.2) is 0 Å². The van der Waals surface area contributed by atoms with Crippen LogP contribution < -0.4 is 5.43 Å². The normalized spacial score (nSPS) is 10.8. The van der Waals surface area contributed by atoms with Gasteiger partial charge in [-0.1, -0.05) is 0 Å². The van der Waals surface area contributed by atoms with E-state index in [4.69, 9.17) is 4.42 Å². The van der Waals surface area contributed by atoms with E-state index in [1.807, 2.05) is 22.6 Å². The Balaban J connectivity index is 3.06. The molecule has 0 fully saturated rings. The van der Waals surface area contributed by atoms with Crippen LogP contribution >= 0.6 is 22.6 Å². The molecule has 0 atom stereocenters. The van der Waals surface area contributed by atoms with Gasteiger partial charge in [-0.2, -0.15) is 0 Å². The van der Waals surface area contributed by atoms with E-state index in [1.165, 1.54) is 6.07 Å². The van der Waals surface area contributed by atoms with E-state index in [9.17, 15) is 15.0 Å². The average Bonchev–Trinajstić information content (AvgIpc) is 2.13. The second-order valence-electron chi connectivity index (χ2n) is 3.14. The van der Waals surface area contributed by atoms with E-state index in [1.54, 1.807) is 6.92 Å². The predicted molar refractivity (Wildman–Crippen MR) is 63.3 cm³/mol. The monoisotopic (exact) mass is 318 g/mol. The topological polar surface area (TPSA) is 70.7 Å². The molecule has 0 radical (unpaired) electrons. The van der Waals surface area contributed by atoms with Crippen LogP contribution in [0.2, 0.25) is 0 Å². The third kappa shape index (κ3) is 1.56. The van der Waals surface area contributed by atoms with Gasteiger partial charge in [0.1, 0.15) is 28.2 Å². The maximum absolute atomic E-state index is 11.8. The average molecular weight is 318 g/mol. The summed E-state index contributed by atoms with van der Waals surface area (Å²) in [5, 5.41) is 18.9. The van der Waals surface area contributed by atoms with Crippen LogP contribution in [-0.2, 0) is 0 Å². The lowest BCUT2D eigenvalue weighted by Gasteiger charge is -2.03. The zero-order valence-electron chi connectivity index (χ0n) is 7.74. The predicted octanol–water partition coefficient (Wildman–Crippen LogP) is 2.12. The van der Waals surface area contributed by atoms with E-state index in [0.717, 1.165) is 6.07 Å². The fraction of sp³-hybridized carbons (Fsp3) is 0.100. The van der Waals surface area contributed by atoms with E-state index in [2.05, 4.69) is 0 Å². The van der Waals surface area contributed by atoms with Crippen molar-refractivity contribution in [3.05, 3.63) is 31.7 Å². The van der Waals surface area contributed by atoms with E-state index >= 15 is 0 Å². The molecule has 0 spiro atoms. The summed E-state index contributed by atoms with van der Waals surface area (Å²) in [6.07, 6.45) is 0. The van der Waals surface area contributed by atoms with Gasteiger partial charge in [-0.25, -0.2) is 0 Å². The molecule has 0 bridgehead atoms. The van der Waals surface area contributed by atoms with Gasteiger partial charge < -0.3 is 14.6 Å². The SMILES string of the molecule is Cc1oc2cc(O)cc(O)c2c(=O)c1I. The number of aryl methyl sites for hydroxylation is 1. The minimum absolute atomic E-state index is 0.0998. The molecule has 4 nitrogen and oxygen atoms in total. The Morgan fingerprint density at radius 2 is 2.00 bits per heavy atom. The van der Waals surface area contributed by atoms with Gasteiger partial charge in [0.25, 0.3) is 0 Å². The van der Waals surface area contributed by atoms with Crippen molar-refractivity contribution in [2.45, 2.75) is 6.92 Å². The van der Waals surface area contributed by atoms with E-state index in [0.29, 0.717) is 9.33 Å². The quantitative estimate of drug-likeness (QED) is 0.730. The molecule has 0 saturated carbocycles. The Labute approximate surface area is 98.3 Å². The Morgan fingerprint density at radius 3 is 2.67 bits per heavy atom. The van der Waals surface area contributed by atoms with Crippen LogP contribution in [0.25, 0.3) is 11.0 Å². The summed E-state index contributed by atoms with van der Waals surface area (Å²) in [6, 6.07) is 2.42. The highest BCUT2D eigenvalue weighted by atomic mass is 127. The lowest BCUT2D eigenvalue weighted by molar-refractivity contribution is 0.451. The number of hydrogen-bond donors (Lipinski definition) is 2. The van der Waals surface area contributed by atoms with Crippen LogP contribution in [0.5, 0.6) is 11.5 Å². The minimum Gasteiger partial charge on any atom is -0.508 e. The summed E-state index contributed by atoms with van der Waals surface area (Å²) in [7, 11) is 0. The molecule has 2 rings (SSSR count). The third-order valence-electron chi connectivity index (χ3n) is 2.06. The molecule has 1 aromatic carbocycles. The molecule has 15 heavy (non-hydrogen) atoms. The molecule has 0 amide bonds. The zero-order valence-corrected chi connectivity index (χ0v) is 9.90. The highest BCUT2D eigenvalue weighted by Gasteiger charge is 2.13. The van der Waals surface area contributed by atoms with Gasteiger partial charge in [-0.15, -0.1) is 0 Å². The molecule has 0 unspecified atom stereocenters. The summed E-state index contributed by atoms with van der Waals surface area (Å²) in [4.78, 5) is 11.8. The van der Waals surface area contributed by atoms with Crippen LogP contribution in [0, 0.1) is 10.5 Å². The molecular weight excluding hydrogens is 311 g/mol. The molecule has 78 valence electrons. The third-order valence-corrected chi connectivity index (χ3v) is 3.31. The fourth-order valence-corrected chi connectivity index (χ4v) is 1.75. The number of halogens is 1. The van der Waals surface area contributed by atoms with Crippen LogP contribution in [0.1, 0.15) is 5.76 Å². The van der Waals surface area contributed by atoms with Crippen LogP contribution in [0.3, 0.4) is 0 Å². The van der Waals surface area contributed by atoms with Crippen molar-refractivity contribution in [3.8, 4) is 11.5 Å². The highest BCUT2D eigenvalue weighted by molar-refractivity contribution is 14.1. The first-order valence-corrected chi connectivity index (χ1v) is 5.23. The number of fused-ring (bicyclic) bond motifs is 1. The summed E-state index contributed by atoms with van der Waals surface area (Å²) in [5.74, 6) is 0.0681. The second kappa shape index (κ2) is 3.41. The van der Waals surface area contributed by atoms with Crippen molar-refractivity contribution in [1.82, 2.24) is 0 Å². The molecule has 2 N–H and O–H groups in total. The van der Waals surface area contributed by atoms with Gasteiger partial charge >= 0.3 is 0 Å². The largest absolute Gasteiger partial charge is 0.508 e. The minimum atomic E-state index is -0.285. The Morgan fingerprint density at radius 1 is 1.33 bits per heavy atom. The number of aromatic hydroxyl groups is 2. The molecule has 0 saturated heterocycles. The summed E-state index contributed by atoms with van der Waals surface area (Å²) < 4.78 is 5.74. The van der Waals surface area contributed by atoms with Crippen molar-refractivity contribution in [3.63, 3.8) is 0 Å². The molecule has 1 aromatic heterocycles. The first kappa shape index (κ1) is 10.3. The Hall–Kier alpha value is -1.24. The summed E-state index contributed by atoms with van der Waals surface area (Å²) in [6.45, 7) is 1.66.